The molecule has 8 heteroatoms. The summed E-state index contributed by atoms with van der Waals surface area (Å²) >= 11 is 0. The van der Waals surface area contributed by atoms with Crippen LogP contribution >= 0.6 is 0 Å². The maximum Gasteiger partial charge on any atom is 0.169 e. The molecule has 4 aromatic carbocycles. The Bertz CT molecular complexity index is 1360. The van der Waals surface area contributed by atoms with Crippen LogP contribution in [-0.4, -0.2) is 55.7 Å². The number of fused-ring (bicyclic) bond motifs is 2. The predicted octanol–water partition coefficient (Wildman–Crippen LogP) is 6.48. The van der Waals surface area contributed by atoms with Crippen molar-refractivity contribution in [3.63, 3.8) is 0 Å². The molecule has 0 saturated heterocycles. The Morgan fingerprint density at radius 2 is 0.714 bits per heavy atom. The SMILES string of the molecule is COc1c(CNCCCCCCNCc2c(OC)c(OC)c3ccccc3c2OC)c(OC)c2ccccc2c1OC. The highest BCUT2D eigenvalue weighted by Gasteiger charge is 2.22. The van der Waals surface area contributed by atoms with E-state index in [2.05, 4.69) is 22.8 Å². The molecule has 8 nitrogen and oxygen atoms in total. The van der Waals surface area contributed by atoms with Crippen molar-refractivity contribution < 1.29 is 28.4 Å². The van der Waals surface area contributed by atoms with Gasteiger partial charge in [0, 0.05) is 34.6 Å². The van der Waals surface area contributed by atoms with Crippen LogP contribution in [0.4, 0.5) is 0 Å². The average Bonchev–Trinajstić information content (AvgIpc) is 3.03. The molecule has 42 heavy (non-hydrogen) atoms. The van der Waals surface area contributed by atoms with E-state index in [9.17, 15) is 0 Å². The van der Waals surface area contributed by atoms with Gasteiger partial charge in [0.2, 0.25) is 0 Å². The summed E-state index contributed by atoms with van der Waals surface area (Å²) in [6.07, 6.45) is 4.44. The fourth-order valence-electron chi connectivity index (χ4n) is 5.71. The van der Waals surface area contributed by atoms with Crippen LogP contribution in [0.2, 0.25) is 0 Å². The Balaban J connectivity index is 1.26. The summed E-state index contributed by atoms with van der Waals surface area (Å²) in [5.41, 5.74) is 1.94. The summed E-state index contributed by atoms with van der Waals surface area (Å²) in [6.45, 7) is 3.07. The summed E-state index contributed by atoms with van der Waals surface area (Å²) in [5, 5.41) is 11.1. The number of ether oxygens (including phenoxy) is 6. The van der Waals surface area contributed by atoms with Crippen molar-refractivity contribution in [1.29, 1.82) is 0 Å². The van der Waals surface area contributed by atoms with Crippen molar-refractivity contribution in [1.82, 2.24) is 10.6 Å². The van der Waals surface area contributed by atoms with Crippen molar-refractivity contribution in [2.24, 2.45) is 0 Å². The van der Waals surface area contributed by atoms with Crippen molar-refractivity contribution >= 4 is 21.5 Å². The zero-order valence-corrected chi connectivity index (χ0v) is 25.7. The summed E-state index contributed by atoms with van der Waals surface area (Å²) in [5.74, 6) is 4.53. The third-order valence-corrected chi connectivity index (χ3v) is 7.63. The van der Waals surface area contributed by atoms with Crippen LogP contribution in [0.3, 0.4) is 0 Å². The number of nitrogens with one attached hydrogen (secondary N) is 2. The molecular weight excluding hydrogens is 532 g/mol. The molecule has 0 aliphatic heterocycles. The lowest BCUT2D eigenvalue weighted by Crippen LogP contribution is -2.17. The quantitative estimate of drug-likeness (QED) is 0.138. The van der Waals surface area contributed by atoms with Gasteiger partial charge in [-0.1, -0.05) is 61.4 Å². The van der Waals surface area contributed by atoms with E-state index >= 15 is 0 Å². The number of unbranched alkanes of at least 4 members (excludes halogenated alkanes) is 3. The smallest absolute Gasteiger partial charge is 0.169 e. The normalized spacial score (nSPS) is 11.1. The third kappa shape index (κ3) is 6.45. The van der Waals surface area contributed by atoms with Gasteiger partial charge in [0.05, 0.1) is 53.8 Å². The van der Waals surface area contributed by atoms with Gasteiger partial charge in [0.1, 0.15) is 11.5 Å². The van der Waals surface area contributed by atoms with E-state index in [1.54, 1.807) is 42.7 Å². The van der Waals surface area contributed by atoms with Gasteiger partial charge >= 0.3 is 0 Å². The predicted molar refractivity (Wildman–Crippen MR) is 169 cm³/mol. The van der Waals surface area contributed by atoms with Gasteiger partial charge in [-0.2, -0.15) is 0 Å². The largest absolute Gasteiger partial charge is 0.496 e. The van der Waals surface area contributed by atoms with Crippen molar-refractivity contribution in [2.45, 2.75) is 38.8 Å². The highest BCUT2D eigenvalue weighted by atomic mass is 16.5. The second-order valence-electron chi connectivity index (χ2n) is 10.0. The Morgan fingerprint density at radius 3 is 1.02 bits per heavy atom. The average molecular weight is 577 g/mol. The number of benzene rings is 4. The first-order chi connectivity index (χ1) is 20.6. The van der Waals surface area contributed by atoms with Crippen LogP contribution in [-0.2, 0) is 13.1 Å². The number of hydrogen-bond acceptors (Lipinski definition) is 8. The monoisotopic (exact) mass is 576 g/mol. The van der Waals surface area contributed by atoms with Gasteiger partial charge < -0.3 is 39.1 Å². The van der Waals surface area contributed by atoms with Crippen LogP contribution in [0.5, 0.6) is 34.5 Å². The fraction of sp³-hybridized carbons (Fsp3) is 0.412. The molecule has 0 aliphatic rings. The Morgan fingerprint density at radius 1 is 0.405 bits per heavy atom. The summed E-state index contributed by atoms with van der Waals surface area (Å²) in [4.78, 5) is 0. The van der Waals surface area contributed by atoms with E-state index in [0.29, 0.717) is 24.6 Å². The fourth-order valence-corrected chi connectivity index (χ4v) is 5.71. The molecule has 0 atom stereocenters. The van der Waals surface area contributed by atoms with E-state index in [1.165, 1.54) is 0 Å². The first-order valence-corrected chi connectivity index (χ1v) is 14.5. The molecule has 4 aromatic rings. The minimum absolute atomic E-state index is 0.633. The Labute approximate surface area is 249 Å². The molecular formula is C34H44N2O6. The molecule has 0 amide bonds. The van der Waals surface area contributed by atoms with Gasteiger partial charge in [-0.25, -0.2) is 0 Å². The van der Waals surface area contributed by atoms with Gasteiger partial charge in [-0.05, 0) is 25.9 Å². The lowest BCUT2D eigenvalue weighted by molar-refractivity contribution is 0.346. The lowest BCUT2D eigenvalue weighted by atomic mass is 10.0. The molecule has 0 aromatic heterocycles. The molecule has 0 radical (unpaired) electrons. The molecule has 0 spiro atoms. The van der Waals surface area contributed by atoms with Gasteiger partial charge in [0.25, 0.3) is 0 Å². The Kier molecular flexibility index (Phi) is 11.4. The molecule has 0 heterocycles. The highest BCUT2D eigenvalue weighted by molar-refractivity contribution is 5.98. The minimum Gasteiger partial charge on any atom is -0.496 e. The molecule has 0 aliphatic carbocycles. The highest BCUT2D eigenvalue weighted by Crippen LogP contribution is 2.46. The first kappa shape index (κ1) is 31.1. The van der Waals surface area contributed by atoms with E-state index in [-0.39, 0.29) is 0 Å². The van der Waals surface area contributed by atoms with Crippen LogP contribution in [0.15, 0.2) is 48.5 Å². The van der Waals surface area contributed by atoms with Gasteiger partial charge in [-0.15, -0.1) is 0 Å². The zero-order chi connectivity index (χ0) is 29.9. The van der Waals surface area contributed by atoms with Crippen LogP contribution in [0.25, 0.3) is 21.5 Å². The number of methoxy groups -OCH3 is 6. The third-order valence-electron chi connectivity index (χ3n) is 7.63. The van der Waals surface area contributed by atoms with Crippen LogP contribution < -0.4 is 39.1 Å². The maximum absolute atomic E-state index is 5.82. The van der Waals surface area contributed by atoms with E-state index < -0.39 is 0 Å². The molecule has 2 N–H and O–H groups in total. The molecule has 226 valence electrons. The molecule has 4 rings (SSSR count). The van der Waals surface area contributed by atoms with Crippen molar-refractivity contribution in [3.8, 4) is 34.5 Å². The van der Waals surface area contributed by atoms with Crippen molar-refractivity contribution in [2.75, 3.05) is 55.7 Å². The number of rotatable bonds is 17. The molecule has 0 unspecified atom stereocenters. The van der Waals surface area contributed by atoms with E-state index in [0.717, 1.165) is 94.4 Å². The molecule has 0 saturated carbocycles. The minimum atomic E-state index is 0.633. The zero-order valence-electron chi connectivity index (χ0n) is 25.7. The van der Waals surface area contributed by atoms with Crippen LogP contribution in [0, 0.1) is 0 Å². The van der Waals surface area contributed by atoms with Gasteiger partial charge in [0.15, 0.2) is 23.0 Å². The Hall–Kier alpha value is -3.88. The second kappa shape index (κ2) is 15.4. The van der Waals surface area contributed by atoms with E-state index in [1.807, 2.05) is 36.4 Å². The lowest BCUT2D eigenvalue weighted by Gasteiger charge is -2.20. The standard InChI is InChI=1S/C34H44N2O6/c1-37-29-23-15-9-11-17-25(23)31(39-3)33(41-5)27(29)21-35-19-13-7-8-14-20-36-22-28-30(38-2)24-16-10-12-18-26(24)32(40-4)34(28)42-6/h9-12,15-18,35-36H,7-8,13-14,19-22H2,1-6H3. The topological polar surface area (TPSA) is 79.4 Å². The summed E-state index contributed by atoms with van der Waals surface area (Å²) < 4.78 is 34.7. The van der Waals surface area contributed by atoms with Crippen molar-refractivity contribution in [3.05, 3.63) is 59.7 Å². The van der Waals surface area contributed by atoms with Crippen LogP contribution in [0.1, 0.15) is 36.8 Å². The second-order valence-corrected chi connectivity index (χ2v) is 10.0. The molecule has 0 fully saturated rings. The summed E-state index contributed by atoms with van der Waals surface area (Å²) in [7, 11) is 10.1. The molecule has 0 bridgehead atoms. The first-order valence-electron chi connectivity index (χ1n) is 14.5. The number of hydrogen-bond donors (Lipinski definition) is 2. The van der Waals surface area contributed by atoms with E-state index in [4.69, 9.17) is 28.4 Å². The maximum atomic E-state index is 5.82. The van der Waals surface area contributed by atoms with Gasteiger partial charge in [-0.3, -0.25) is 0 Å². The summed E-state index contributed by atoms with van der Waals surface area (Å²) in [6, 6.07) is 16.2.